The lowest BCUT2D eigenvalue weighted by Gasteiger charge is -2.43. The third-order valence-electron chi connectivity index (χ3n) is 5.81. The van der Waals surface area contributed by atoms with Crippen LogP contribution in [0.4, 0.5) is 0 Å². The molecule has 2 unspecified atom stereocenters. The van der Waals surface area contributed by atoms with Crippen LogP contribution in [0.15, 0.2) is 24.3 Å². The molecule has 1 saturated heterocycles. The maximum atomic E-state index is 12.7. The van der Waals surface area contributed by atoms with Gasteiger partial charge in [-0.25, -0.2) is 0 Å². The van der Waals surface area contributed by atoms with Crippen molar-refractivity contribution >= 4 is 5.91 Å². The fraction of sp³-hybridized carbons (Fsp3) is 0.579. The van der Waals surface area contributed by atoms with Gasteiger partial charge >= 0.3 is 0 Å². The molecule has 1 aromatic rings. The number of benzene rings is 1. The van der Waals surface area contributed by atoms with Gasteiger partial charge in [-0.2, -0.15) is 5.26 Å². The van der Waals surface area contributed by atoms with Gasteiger partial charge in [-0.05, 0) is 36.8 Å². The Morgan fingerprint density at radius 1 is 1.13 bits per heavy atom. The van der Waals surface area contributed by atoms with Crippen molar-refractivity contribution < 1.29 is 4.79 Å². The molecular weight excluding hydrogens is 286 g/mol. The van der Waals surface area contributed by atoms with E-state index in [9.17, 15) is 10.1 Å². The number of hydrogen-bond donors (Lipinski definition) is 0. The summed E-state index contributed by atoms with van der Waals surface area (Å²) in [7, 11) is 0. The van der Waals surface area contributed by atoms with Gasteiger partial charge in [0.15, 0.2) is 0 Å². The Morgan fingerprint density at radius 2 is 1.87 bits per heavy atom. The van der Waals surface area contributed by atoms with Crippen LogP contribution in [-0.2, 0) is 4.79 Å². The van der Waals surface area contributed by atoms with Gasteiger partial charge in [0.25, 0.3) is 0 Å². The van der Waals surface area contributed by atoms with Crippen LogP contribution in [0, 0.1) is 17.2 Å². The fourth-order valence-electron chi connectivity index (χ4n) is 4.03. The van der Waals surface area contributed by atoms with Gasteiger partial charge < -0.3 is 4.90 Å². The van der Waals surface area contributed by atoms with Crippen LogP contribution in [0.3, 0.4) is 0 Å². The Bertz CT molecular complexity index is 638. The van der Waals surface area contributed by atoms with E-state index < -0.39 is 0 Å². The molecule has 1 heterocycles. The zero-order chi connectivity index (χ0) is 15.8. The number of hydrogen-bond acceptors (Lipinski definition) is 3. The van der Waals surface area contributed by atoms with Crippen LogP contribution >= 0.6 is 0 Å². The van der Waals surface area contributed by atoms with Crippen molar-refractivity contribution in [2.45, 2.75) is 37.6 Å². The monoisotopic (exact) mass is 309 g/mol. The van der Waals surface area contributed by atoms with Crippen LogP contribution in [-0.4, -0.2) is 47.9 Å². The number of rotatable bonds is 3. The summed E-state index contributed by atoms with van der Waals surface area (Å²) in [6, 6.07) is 10.8. The van der Waals surface area contributed by atoms with E-state index in [1.807, 2.05) is 24.3 Å². The van der Waals surface area contributed by atoms with E-state index in [0.717, 1.165) is 49.8 Å². The fourth-order valence-corrected chi connectivity index (χ4v) is 4.03. The maximum Gasteiger partial charge on any atom is 0.226 e. The number of carbonyl (C=O) groups is 1. The zero-order valence-corrected chi connectivity index (χ0v) is 13.4. The first-order valence-corrected chi connectivity index (χ1v) is 8.80. The minimum absolute atomic E-state index is 0.0970. The van der Waals surface area contributed by atoms with Crippen molar-refractivity contribution in [2.24, 2.45) is 5.92 Å². The lowest BCUT2D eigenvalue weighted by atomic mass is 9.91. The highest BCUT2D eigenvalue weighted by Gasteiger charge is 2.47. The molecule has 0 spiro atoms. The molecule has 1 amide bonds. The van der Waals surface area contributed by atoms with E-state index in [1.165, 1.54) is 19.3 Å². The molecule has 0 bridgehead atoms. The molecule has 0 aromatic heterocycles. The first kappa shape index (κ1) is 14.7. The van der Waals surface area contributed by atoms with E-state index in [2.05, 4.69) is 15.9 Å². The lowest BCUT2D eigenvalue weighted by molar-refractivity contribution is -0.135. The number of nitriles is 1. The maximum absolute atomic E-state index is 12.7. The second-order valence-corrected chi connectivity index (χ2v) is 7.09. The second kappa shape index (κ2) is 5.98. The predicted molar refractivity (Wildman–Crippen MR) is 87.8 cm³/mol. The largest absolute Gasteiger partial charge is 0.340 e. The molecule has 4 rings (SSSR count). The van der Waals surface area contributed by atoms with Gasteiger partial charge in [-0.1, -0.05) is 24.6 Å². The Balaban J connectivity index is 1.35. The van der Waals surface area contributed by atoms with E-state index in [-0.39, 0.29) is 11.8 Å². The summed E-state index contributed by atoms with van der Waals surface area (Å²) in [4.78, 5) is 17.3. The highest BCUT2D eigenvalue weighted by molar-refractivity contribution is 5.83. The summed E-state index contributed by atoms with van der Waals surface area (Å²) >= 11 is 0. The van der Waals surface area contributed by atoms with E-state index in [1.54, 1.807) is 0 Å². The van der Waals surface area contributed by atoms with Crippen molar-refractivity contribution in [3.05, 3.63) is 35.4 Å². The number of nitrogens with zero attached hydrogens (tertiary/aromatic N) is 3. The Labute approximate surface area is 137 Å². The van der Waals surface area contributed by atoms with Gasteiger partial charge in [0.2, 0.25) is 5.91 Å². The molecule has 23 heavy (non-hydrogen) atoms. The third kappa shape index (κ3) is 2.74. The molecule has 0 N–H and O–H groups in total. The van der Waals surface area contributed by atoms with Crippen LogP contribution in [0.2, 0.25) is 0 Å². The van der Waals surface area contributed by atoms with Gasteiger partial charge in [0, 0.05) is 38.1 Å². The second-order valence-electron chi connectivity index (χ2n) is 7.09. The molecule has 2 aliphatic carbocycles. The number of carbonyl (C=O) groups excluding carboxylic acids is 1. The topological polar surface area (TPSA) is 47.3 Å². The van der Waals surface area contributed by atoms with Crippen LogP contribution in [0.25, 0.3) is 0 Å². The molecule has 3 aliphatic rings. The average molecular weight is 309 g/mol. The van der Waals surface area contributed by atoms with Crippen molar-refractivity contribution in [3.63, 3.8) is 0 Å². The van der Waals surface area contributed by atoms with Crippen molar-refractivity contribution in [1.29, 1.82) is 5.26 Å². The summed E-state index contributed by atoms with van der Waals surface area (Å²) in [5.41, 5.74) is 1.78. The molecule has 1 aromatic carbocycles. The lowest BCUT2D eigenvalue weighted by Crippen LogP contribution is -2.53. The third-order valence-corrected chi connectivity index (χ3v) is 5.81. The van der Waals surface area contributed by atoms with E-state index in [4.69, 9.17) is 0 Å². The molecular formula is C19H23N3O. The number of piperazine rings is 1. The molecule has 4 nitrogen and oxygen atoms in total. The quantitative estimate of drug-likeness (QED) is 0.861. The first-order valence-electron chi connectivity index (χ1n) is 8.80. The Kier molecular flexibility index (Phi) is 3.82. The average Bonchev–Trinajstić information content (AvgIpc) is 3.34. The Hall–Kier alpha value is -1.86. The zero-order valence-electron chi connectivity index (χ0n) is 13.4. The molecule has 0 radical (unpaired) electrons. The first-order chi connectivity index (χ1) is 11.3. The van der Waals surface area contributed by atoms with Gasteiger partial charge in [0.05, 0.1) is 11.6 Å². The van der Waals surface area contributed by atoms with Crippen LogP contribution in [0.5, 0.6) is 0 Å². The molecule has 2 atom stereocenters. The summed E-state index contributed by atoms with van der Waals surface area (Å²) in [5, 5.41) is 9.23. The summed E-state index contributed by atoms with van der Waals surface area (Å²) in [6.45, 7) is 3.81. The smallest absolute Gasteiger partial charge is 0.226 e. The van der Waals surface area contributed by atoms with Crippen molar-refractivity contribution in [3.8, 4) is 6.07 Å². The van der Waals surface area contributed by atoms with E-state index in [0.29, 0.717) is 5.91 Å². The SMILES string of the molecule is N#Cc1ccccc1C1CC1C(=O)N1CCN(C2CCC2)CC1. The van der Waals surface area contributed by atoms with Crippen molar-refractivity contribution in [2.75, 3.05) is 26.2 Å². The van der Waals surface area contributed by atoms with Crippen LogP contribution < -0.4 is 0 Å². The molecule has 4 heteroatoms. The van der Waals surface area contributed by atoms with Crippen LogP contribution in [0.1, 0.15) is 42.7 Å². The molecule has 1 aliphatic heterocycles. The van der Waals surface area contributed by atoms with Gasteiger partial charge in [-0.3, -0.25) is 9.69 Å². The summed E-state index contributed by atoms with van der Waals surface area (Å²) in [6.07, 6.45) is 4.94. The highest BCUT2D eigenvalue weighted by atomic mass is 16.2. The minimum atomic E-state index is 0.0970. The number of amides is 1. The molecule has 2 saturated carbocycles. The van der Waals surface area contributed by atoms with Gasteiger partial charge in [-0.15, -0.1) is 0 Å². The Morgan fingerprint density at radius 3 is 2.52 bits per heavy atom. The van der Waals surface area contributed by atoms with Gasteiger partial charge in [0.1, 0.15) is 0 Å². The summed E-state index contributed by atoms with van der Waals surface area (Å²) in [5.74, 6) is 0.652. The predicted octanol–water partition coefficient (Wildman–Crippen LogP) is 2.36. The minimum Gasteiger partial charge on any atom is -0.340 e. The molecule has 120 valence electrons. The molecule has 3 fully saturated rings. The normalized spacial score (nSPS) is 28.0. The van der Waals surface area contributed by atoms with E-state index >= 15 is 0 Å². The standard InChI is InChI=1S/C19H23N3O/c20-13-14-4-1-2-7-16(14)17-12-18(17)19(23)22-10-8-21(9-11-22)15-5-3-6-15/h1-2,4,7,15,17-18H,3,5-6,8-12H2. The highest BCUT2D eigenvalue weighted by Crippen LogP contribution is 2.49. The van der Waals surface area contributed by atoms with Crippen molar-refractivity contribution in [1.82, 2.24) is 9.80 Å². The summed E-state index contributed by atoms with van der Waals surface area (Å²) < 4.78 is 0.